The number of hydrogen-bond donors (Lipinski definition) is 0. The van der Waals surface area contributed by atoms with E-state index in [0.29, 0.717) is 12.8 Å². The number of nitrogens with zero attached hydrogens (tertiary/aromatic N) is 2. The molecule has 0 saturated heterocycles. The molecule has 0 spiro atoms. The molecule has 1 aliphatic carbocycles. The molecule has 0 bridgehead atoms. The number of aromatic nitrogens is 1. The molecule has 1 aromatic heterocycles. The molecule has 90 valence electrons. The molecule has 1 aromatic rings. The molecule has 1 saturated carbocycles. The maximum absolute atomic E-state index is 12.5. The zero-order chi connectivity index (χ0) is 12.4. The molecular weight excluding hydrogens is 236 g/mol. The third-order valence-corrected chi connectivity index (χ3v) is 5.61. The van der Waals surface area contributed by atoms with Crippen molar-refractivity contribution in [2.75, 3.05) is 0 Å². The van der Waals surface area contributed by atoms with Gasteiger partial charge in [-0.25, -0.2) is 13.4 Å². The first-order chi connectivity index (χ1) is 8.12. The molecule has 0 radical (unpaired) electrons. The van der Waals surface area contributed by atoms with E-state index in [2.05, 4.69) is 4.98 Å². The molecule has 1 heterocycles. The van der Waals surface area contributed by atoms with Crippen LogP contribution in [-0.4, -0.2) is 18.1 Å². The van der Waals surface area contributed by atoms with E-state index in [1.165, 1.54) is 12.3 Å². The Morgan fingerprint density at radius 1 is 1.24 bits per heavy atom. The van der Waals surface area contributed by atoms with Crippen molar-refractivity contribution in [2.45, 2.75) is 41.9 Å². The highest BCUT2D eigenvalue weighted by molar-refractivity contribution is 7.93. The smallest absolute Gasteiger partial charge is 0.214 e. The lowest BCUT2D eigenvalue weighted by atomic mass is 9.89. The van der Waals surface area contributed by atoms with E-state index in [1.54, 1.807) is 12.1 Å². The Balaban J connectivity index is 2.48. The second-order valence-corrected chi connectivity index (χ2v) is 6.54. The van der Waals surface area contributed by atoms with Crippen molar-refractivity contribution in [3.63, 3.8) is 0 Å². The van der Waals surface area contributed by atoms with Crippen LogP contribution in [0, 0.1) is 11.3 Å². The Morgan fingerprint density at radius 3 is 2.47 bits per heavy atom. The molecule has 0 unspecified atom stereocenters. The van der Waals surface area contributed by atoms with Gasteiger partial charge in [-0.15, -0.1) is 0 Å². The second-order valence-electron chi connectivity index (χ2n) is 4.34. The van der Waals surface area contributed by atoms with E-state index in [4.69, 9.17) is 0 Å². The summed E-state index contributed by atoms with van der Waals surface area (Å²) in [5, 5.41) is 9.30. The first kappa shape index (κ1) is 12.1. The number of sulfone groups is 1. The Hall–Kier alpha value is -1.41. The Bertz CT molecular complexity index is 525. The highest BCUT2D eigenvalue weighted by Gasteiger charge is 2.46. The van der Waals surface area contributed by atoms with Crippen molar-refractivity contribution in [2.24, 2.45) is 0 Å². The van der Waals surface area contributed by atoms with Gasteiger partial charge in [0.2, 0.25) is 9.84 Å². The maximum Gasteiger partial charge on any atom is 0.214 e. The van der Waals surface area contributed by atoms with Gasteiger partial charge in [0.15, 0.2) is 9.77 Å². The third kappa shape index (κ3) is 1.93. The fourth-order valence-corrected chi connectivity index (χ4v) is 4.07. The SMILES string of the molecule is N#CC1(S(=O)(=O)c2ccccn2)CCCCC1. The summed E-state index contributed by atoms with van der Waals surface area (Å²) >= 11 is 0. The van der Waals surface area contributed by atoms with Crippen molar-refractivity contribution in [1.82, 2.24) is 4.98 Å². The summed E-state index contributed by atoms with van der Waals surface area (Å²) in [6, 6.07) is 6.79. The largest absolute Gasteiger partial charge is 0.245 e. The van der Waals surface area contributed by atoms with Gasteiger partial charge >= 0.3 is 0 Å². The highest BCUT2D eigenvalue weighted by atomic mass is 32.2. The van der Waals surface area contributed by atoms with Gasteiger partial charge in [0.05, 0.1) is 6.07 Å². The van der Waals surface area contributed by atoms with Crippen molar-refractivity contribution in [3.8, 4) is 6.07 Å². The molecular formula is C12H14N2O2S. The summed E-state index contributed by atoms with van der Waals surface area (Å²) in [5.74, 6) is 0. The van der Waals surface area contributed by atoms with Gasteiger partial charge in [-0.2, -0.15) is 5.26 Å². The molecule has 2 rings (SSSR count). The van der Waals surface area contributed by atoms with E-state index >= 15 is 0 Å². The molecule has 0 aromatic carbocycles. The van der Waals surface area contributed by atoms with Crippen LogP contribution >= 0.6 is 0 Å². The summed E-state index contributed by atoms with van der Waals surface area (Å²) in [7, 11) is -3.65. The van der Waals surface area contributed by atoms with Crippen LogP contribution in [0.3, 0.4) is 0 Å². The molecule has 1 fully saturated rings. The van der Waals surface area contributed by atoms with Crippen molar-refractivity contribution in [1.29, 1.82) is 5.26 Å². The zero-order valence-corrected chi connectivity index (χ0v) is 10.3. The minimum absolute atomic E-state index is 0.0171. The predicted octanol–water partition coefficient (Wildman–Crippen LogP) is 2.08. The monoisotopic (exact) mass is 250 g/mol. The van der Waals surface area contributed by atoms with E-state index in [0.717, 1.165) is 19.3 Å². The molecule has 1 aliphatic rings. The summed E-state index contributed by atoms with van der Waals surface area (Å²) < 4.78 is 23.6. The van der Waals surface area contributed by atoms with Crippen LogP contribution in [0.4, 0.5) is 0 Å². The maximum atomic E-state index is 12.5. The molecule has 0 atom stereocenters. The molecule has 0 aliphatic heterocycles. The second kappa shape index (κ2) is 4.46. The molecule has 17 heavy (non-hydrogen) atoms. The lowest BCUT2D eigenvalue weighted by Crippen LogP contribution is -2.39. The van der Waals surface area contributed by atoms with Gasteiger partial charge in [0.25, 0.3) is 0 Å². The molecule has 4 nitrogen and oxygen atoms in total. The quantitative estimate of drug-likeness (QED) is 0.805. The van der Waals surface area contributed by atoms with Gasteiger partial charge in [-0.1, -0.05) is 25.3 Å². The first-order valence-electron chi connectivity index (χ1n) is 5.69. The number of rotatable bonds is 2. The van der Waals surface area contributed by atoms with Crippen molar-refractivity contribution >= 4 is 9.84 Å². The minimum atomic E-state index is -3.65. The van der Waals surface area contributed by atoms with Crippen LogP contribution in [0.1, 0.15) is 32.1 Å². The summed E-state index contributed by atoms with van der Waals surface area (Å²) in [6.07, 6.45) is 4.87. The van der Waals surface area contributed by atoms with Crippen LogP contribution in [0.5, 0.6) is 0 Å². The van der Waals surface area contributed by atoms with Gasteiger partial charge < -0.3 is 0 Å². The first-order valence-corrected chi connectivity index (χ1v) is 7.18. The Morgan fingerprint density at radius 2 is 1.94 bits per heavy atom. The standard InChI is InChI=1S/C12H14N2O2S/c13-10-12(7-3-1-4-8-12)17(15,16)11-6-2-5-9-14-11/h2,5-6,9H,1,3-4,7-8H2. The van der Waals surface area contributed by atoms with Gasteiger partial charge in [-0.3, -0.25) is 0 Å². The normalized spacial score (nSPS) is 19.5. The lowest BCUT2D eigenvalue weighted by Gasteiger charge is -2.29. The zero-order valence-electron chi connectivity index (χ0n) is 9.46. The summed E-state index contributed by atoms with van der Waals surface area (Å²) in [5.41, 5.74) is 0. The van der Waals surface area contributed by atoms with E-state index in [-0.39, 0.29) is 5.03 Å². The van der Waals surface area contributed by atoms with Gasteiger partial charge in [-0.05, 0) is 25.0 Å². The predicted molar refractivity (Wildman–Crippen MR) is 62.9 cm³/mol. The number of pyridine rings is 1. The van der Waals surface area contributed by atoms with Gasteiger partial charge in [0, 0.05) is 6.20 Å². The van der Waals surface area contributed by atoms with Gasteiger partial charge in [0.1, 0.15) is 0 Å². The highest BCUT2D eigenvalue weighted by Crippen LogP contribution is 2.37. The van der Waals surface area contributed by atoms with E-state index in [1.807, 2.05) is 6.07 Å². The van der Waals surface area contributed by atoms with Crippen LogP contribution in [0.2, 0.25) is 0 Å². The van der Waals surface area contributed by atoms with Crippen molar-refractivity contribution < 1.29 is 8.42 Å². The number of nitriles is 1. The molecule has 0 N–H and O–H groups in total. The topological polar surface area (TPSA) is 70.8 Å². The van der Waals surface area contributed by atoms with Crippen molar-refractivity contribution in [3.05, 3.63) is 24.4 Å². The fourth-order valence-electron chi connectivity index (χ4n) is 2.27. The van der Waals surface area contributed by atoms with Crippen LogP contribution in [-0.2, 0) is 9.84 Å². The Kier molecular flexibility index (Phi) is 3.16. The average molecular weight is 250 g/mol. The summed E-state index contributed by atoms with van der Waals surface area (Å²) in [4.78, 5) is 3.88. The molecule has 0 amide bonds. The van der Waals surface area contributed by atoms with E-state index < -0.39 is 14.6 Å². The minimum Gasteiger partial charge on any atom is -0.245 e. The van der Waals surface area contributed by atoms with E-state index in [9.17, 15) is 13.7 Å². The number of hydrogen-bond acceptors (Lipinski definition) is 4. The average Bonchev–Trinajstić information content (AvgIpc) is 2.40. The van der Waals surface area contributed by atoms with Crippen LogP contribution < -0.4 is 0 Å². The molecule has 5 heteroatoms. The van der Waals surface area contributed by atoms with Crippen LogP contribution in [0.15, 0.2) is 29.4 Å². The lowest BCUT2D eigenvalue weighted by molar-refractivity contribution is 0.429. The van der Waals surface area contributed by atoms with Crippen LogP contribution in [0.25, 0.3) is 0 Å². The Labute approximate surface area is 101 Å². The fraction of sp³-hybridized carbons (Fsp3) is 0.500. The third-order valence-electron chi connectivity index (χ3n) is 3.29. The summed E-state index contributed by atoms with van der Waals surface area (Å²) in [6.45, 7) is 0.